The number of amides is 2. The summed E-state index contributed by atoms with van der Waals surface area (Å²) in [5.74, 6) is 1.05. The second kappa shape index (κ2) is 8.27. The number of carbonyl (C=O) groups excluding carboxylic acids is 2. The number of ether oxygens (including phenoxy) is 1. The Hall–Kier alpha value is -2.83. The van der Waals surface area contributed by atoms with E-state index in [0.717, 1.165) is 38.0 Å². The molecule has 1 atom stereocenters. The SMILES string of the molecule is CC(Oc1ccccc1)C(=O)N1CCC(c2cc3n(n2)CCCN(C)C3=O)CC1. The van der Waals surface area contributed by atoms with E-state index in [4.69, 9.17) is 9.84 Å². The maximum Gasteiger partial charge on any atom is 0.271 e. The van der Waals surface area contributed by atoms with Crippen LogP contribution in [0.3, 0.4) is 0 Å². The number of nitrogens with zero attached hydrogens (tertiary/aromatic N) is 4. The van der Waals surface area contributed by atoms with Crippen LogP contribution in [0.1, 0.15) is 48.3 Å². The van der Waals surface area contributed by atoms with E-state index in [1.54, 1.807) is 11.8 Å². The quantitative estimate of drug-likeness (QED) is 0.797. The van der Waals surface area contributed by atoms with Gasteiger partial charge in [0.1, 0.15) is 11.4 Å². The monoisotopic (exact) mass is 396 g/mol. The molecule has 0 spiro atoms. The number of hydrogen-bond donors (Lipinski definition) is 0. The van der Waals surface area contributed by atoms with Gasteiger partial charge in [-0.2, -0.15) is 5.10 Å². The number of benzene rings is 1. The molecule has 1 unspecified atom stereocenters. The first-order valence-corrected chi connectivity index (χ1v) is 10.4. The molecule has 0 N–H and O–H groups in total. The molecule has 154 valence electrons. The van der Waals surface area contributed by atoms with Gasteiger partial charge in [-0.3, -0.25) is 14.3 Å². The van der Waals surface area contributed by atoms with Crippen molar-refractivity contribution < 1.29 is 14.3 Å². The highest BCUT2D eigenvalue weighted by molar-refractivity contribution is 5.92. The number of piperidine rings is 1. The standard InChI is InChI=1S/C22H28N4O3/c1-16(29-18-7-4-3-5-8-18)21(27)25-13-9-17(10-14-25)19-15-20-22(28)24(2)11-6-12-26(20)23-19/h3-5,7-8,15-17H,6,9-14H2,1-2H3. The van der Waals surface area contributed by atoms with Gasteiger partial charge in [-0.05, 0) is 44.4 Å². The van der Waals surface area contributed by atoms with Crippen LogP contribution in [0, 0.1) is 0 Å². The summed E-state index contributed by atoms with van der Waals surface area (Å²) in [6.45, 7) is 4.71. The van der Waals surface area contributed by atoms with Crippen molar-refractivity contribution in [2.24, 2.45) is 0 Å². The van der Waals surface area contributed by atoms with Crippen molar-refractivity contribution >= 4 is 11.8 Å². The zero-order valence-corrected chi connectivity index (χ0v) is 17.1. The summed E-state index contributed by atoms with van der Waals surface area (Å²) in [6, 6.07) is 11.4. The van der Waals surface area contributed by atoms with Crippen molar-refractivity contribution in [3.8, 4) is 5.75 Å². The molecular formula is C22H28N4O3. The number of para-hydroxylation sites is 1. The van der Waals surface area contributed by atoms with Gasteiger partial charge in [0.05, 0.1) is 5.69 Å². The van der Waals surface area contributed by atoms with Gasteiger partial charge < -0.3 is 14.5 Å². The van der Waals surface area contributed by atoms with Crippen molar-refractivity contribution in [1.82, 2.24) is 19.6 Å². The van der Waals surface area contributed by atoms with Crippen LogP contribution in [-0.4, -0.2) is 64.2 Å². The van der Waals surface area contributed by atoms with E-state index < -0.39 is 6.10 Å². The van der Waals surface area contributed by atoms with Crippen LogP contribution in [0.5, 0.6) is 5.75 Å². The molecule has 3 heterocycles. The first-order valence-electron chi connectivity index (χ1n) is 10.4. The van der Waals surface area contributed by atoms with Crippen LogP contribution < -0.4 is 4.74 Å². The number of fused-ring (bicyclic) bond motifs is 1. The van der Waals surface area contributed by atoms with E-state index >= 15 is 0 Å². The van der Waals surface area contributed by atoms with Gasteiger partial charge in [-0.15, -0.1) is 0 Å². The first kappa shape index (κ1) is 19.5. The van der Waals surface area contributed by atoms with Crippen molar-refractivity contribution in [3.05, 3.63) is 47.8 Å². The second-order valence-corrected chi connectivity index (χ2v) is 7.93. The van der Waals surface area contributed by atoms with Crippen molar-refractivity contribution in [3.63, 3.8) is 0 Å². The predicted octanol–water partition coefficient (Wildman–Crippen LogP) is 2.53. The first-order chi connectivity index (χ1) is 14.0. The molecule has 0 saturated carbocycles. The summed E-state index contributed by atoms with van der Waals surface area (Å²) in [7, 11) is 1.84. The molecule has 2 aromatic rings. The molecule has 1 aromatic heterocycles. The molecule has 0 radical (unpaired) electrons. The minimum absolute atomic E-state index is 0.0183. The van der Waals surface area contributed by atoms with E-state index in [9.17, 15) is 9.59 Å². The van der Waals surface area contributed by atoms with Gasteiger partial charge in [-0.1, -0.05) is 18.2 Å². The topological polar surface area (TPSA) is 67.7 Å². The molecular weight excluding hydrogens is 368 g/mol. The number of aromatic nitrogens is 2. The number of likely N-dealkylation sites (tertiary alicyclic amines) is 1. The van der Waals surface area contributed by atoms with Gasteiger partial charge in [0, 0.05) is 39.1 Å². The number of rotatable bonds is 4. The highest BCUT2D eigenvalue weighted by Gasteiger charge is 2.30. The fourth-order valence-electron chi connectivity index (χ4n) is 4.14. The van der Waals surface area contributed by atoms with E-state index in [0.29, 0.717) is 24.5 Å². The second-order valence-electron chi connectivity index (χ2n) is 7.93. The van der Waals surface area contributed by atoms with E-state index in [2.05, 4.69) is 0 Å². The molecule has 7 nitrogen and oxygen atoms in total. The molecule has 1 saturated heterocycles. The number of carbonyl (C=O) groups is 2. The third-order valence-electron chi connectivity index (χ3n) is 5.86. The zero-order valence-electron chi connectivity index (χ0n) is 17.1. The van der Waals surface area contributed by atoms with Crippen LogP contribution in [0.4, 0.5) is 0 Å². The fraction of sp³-hybridized carbons (Fsp3) is 0.500. The molecule has 0 aliphatic carbocycles. The maximum absolute atomic E-state index is 12.8. The summed E-state index contributed by atoms with van der Waals surface area (Å²) in [6.07, 6.45) is 2.11. The third kappa shape index (κ3) is 4.13. The largest absolute Gasteiger partial charge is 0.481 e. The summed E-state index contributed by atoms with van der Waals surface area (Å²) in [4.78, 5) is 28.9. The molecule has 2 aliphatic rings. The Balaban J connectivity index is 1.36. The highest BCUT2D eigenvalue weighted by Crippen LogP contribution is 2.29. The van der Waals surface area contributed by atoms with E-state index in [1.807, 2.05) is 53.0 Å². The normalized spacial score (nSPS) is 18.9. The van der Waals surface area contributed by atoms with Crippen molar-refractivity contribution in [2.75, 3.05) is 26.7 Å². The van der Waals surface area contributed by atoms with Crippen molar-refractivity contribution in [1.29, 1.82) is 0 Å². The molecule has 1 aromatic carbocycles. The Kier molecular flexibility index (Phi) is 5.56. The number of aryl methyl sites for hydroxylation is 1. The van der Waals surface area contributed by atoms with Gasteiger partial charge in [0.25, 0.3) is 11.8 Å². The van der Waals surface area contributed by atoms with Crippen LogP contribution in [0.2, 0.25) is 0 Å². The Labute approximate surface area is 171 Å². The summed E-state index contributed by atoms with van der Waals surface area (Å²) >= 11 is 0. The fourth-order valence-corrected chi connectivity index (χ4v) is 4.14. The maximum atomic E-state index is 12.8. The lowest BCUT2D eigenvalue weighted by molar-refractivity contribution is -0.139. The Bertz CT molecular complexity index is 871. The average Bonchev–Trinajstić information content (AvgIpc) is 3.12. The van der Waals surface area contributed by atoms with Crippen LogP contribution in [0.25, 0.3) is 0 Å². The van der Waals surface area contributed by atoms with Crippen molar-refractivity contribution in [2.45, 2.75) is 44.8 Å². The average molecular weight is 396 g/mol. The Morgan fingerprint density at radius 3 is 2.59 bits per heavy atom. The molecule has 29 heavy (non-hydrogen) atoms. The van der Waals surface area contributed by atoms with Gasteiger partial charge >= 0.3 is 0 Å². The van der Waals surface area contributed by atoms with Gasteiger partial charge in [0.15, 0.2) is 6.10 Å². The van der Waals surface area contributed by atoms with Crippen LogP contribution in [-0.2, 0) is 11.3 Å². The highest BCUT2D eigenvalue weighted by atomic mass is 16.5. The summed E-state index contributed by atoms with van der Waals surface area (Å²) in [5, 5.41) is 4.72. The predicted molar refractivity (Wildman–Crippen MR) is 109 cm³/mol. The molecule has 4 rings (SSSR count). The Morgan fingerprint density at radius 1 is 1.14 bits per heavy atom. The lowest BCUT2D eigenvalue weighted by atomic mass is 9.93. The third-order valence-corrected chi connectivity index (χ3v) is 5.86. The zero-order chi connectivity index (χ0) is 20.4. The lowest BCUT2D eigenvalue weighted by Crippen LogP contribution is -2.44. The molecule has 7 heteroatoms. The number of hydrogen-bond acceptors (Lipinski definition) is 4. The molecule has 2 aliphatic heterocycles. The smallest absolute Gasteiger partial charge is 0.271 e. The Morgan fingerprint density at radius 2 is 1.86 bits per heavy atom. The van der Waals surface area contributed by atoms with Crippen LogP contribution >= 0.6 is 0 Å². The van der Waals surface area contributed by atoms with Gasteiger partial charge in [0.2, 0.25) is 0 Å². The molecule has 1 fully saturated rings. The van der Waals surface area contributed by atoms with Gasteiger partial charge in [-0.25, -0.2) is 0 Å². The van der Waals surface area contributed by atoms with E-state index in [1.165, 1.54) is 0 Å². The molecule has 0 bridgehead atoms. The lowest BCUT2D eigenvalue weighted by Gasteiger charge is -2.33. The van der Waals surface area contributed by atoms with E-state index in [-0.39, 0.29) is 17.7 Å². The minimum Gasteiger partial charge on any atom is -0.481 e. The minimum atomic E-state index is -0.509. The van der Waals surface area contributed by atoms with Crippen LogP contribution in [0.15, 0.2) is 36.4 Å². The summed E-state index contributed by atoms with van der Waals surface area (Å²) < 4.78 is 7.64. The molecule has 2 amide bonds. The summed E-state index contributed by atoms with van der Waals surface area (Å²) in [5.41, 5.74) is 1.66.